The van der Waals surface area contributed by atoms with Gasteiger partial charge in [-0.3, -0.25) is 4.79 Å². The van der Waals surface area contributed by atoms with Gasteiger partial charge >= 0.3 is 0 Å². The zero-order valence-electron chi connectivity index (χ0n) is 23.3. The summed E-state index contributed by atoms with van der Waals surface area (Å²) in [6.45, 7) is 11.1. The molecule has 7 nitrogen and oxygen atoms in total. The van der Waals surface area contributed by atoms with Crippen LogP contribution in [0.5, 0.6) is 0 Å². The molecule has 0 spiro atoms. The van der Waals surface area contributed by atoms with Crippen molar-refractivity contribution in [1.29, 1.82) is 0 Å². The minimum Gasteiger partial charge on any atom is -0.352 e. The van der Waals surface area contributed by atoms with Gasteiger partial charge in [0.1, 0.15) is 17.5 Å². The summed E-state index contributed by atoms with van der Waals surface area (Å²) in [5, 5.41) is 5.70. The summed E-state index contributed by atoms with van der Waals surface area (Å²) >= 11 is 0. The lowest BCUT2D eigenvalue weighted by Crippen LogP contribution is -2.50. The van der Waals surface area contributed by atoms with Gasteiger partial charge in [-0.15, -0.1) is 0 Å². The standard InChI is InChI=1S/C31H37FN6O/c1-5-26(23-9-7-6-8-10-23)31(39)37-19-17-36(18-20-37)29-28-22(4)35-38(25-14-12-24(32)13-15-25)30(28)34-27(33-29)16-11-21(2)3/h6-10,12-15,21,26H,5,11,16-20H2,1-4H3. The number of amides is 1. The van der Waals surface area contributed by atoms with Crippen molar-refractivity contribution in [2.45, 2.75) is 52.9 Å². The first-order valence-electron chi connectivity index (χ1n) is 14.0. The highest BCUT2D eigenvalue weighted by Crippen LogP contribution is 2.31. The molecule has 0 aliphatic carbocycles. The third-order valence-electron chi connectivity index (χ3n) is 7.55. The minimum atomic E-state index is -0.287. The highest BCUT2D eigenvalue weighted by molar-refractivity contribution is 5.91. The van der Waals surface area contributed by atoms with Crippen molar-refractivity contribution in [2.24, 2.45) is 5.92 Å². The van der Waals surface area contributed by atoms with Crippen molar-refractivity contribution < 1.29 is 9.18 Å². The average molecular weight is 529 g/mol. The number of carbonyl (C=O) groups is 1. The summed E-state index contributed by atoms with van der Waals surface area (Å²) in [5.74, 6) is 1.96. The third kappa shape index (κ3) is 5.65. The second-order valence-electron chi connectivity index (χ2n) is 10.8. The highest BCUT2D eigenvalue weighted by atomic mass is 19.1. The van der Waals surface area contributed by atoms with Crippen LogP contribution < -0.4 is 4.90 Å². The fraction of sp³-hybridized carbons (Fsp3) is 0.419. The number of hydrogen-bond donors (Lipinski definition) is 0. The predicted octanol–water partition coefficient (Wildman–Crippen LogP) is 5.69. The van der Waals surface area contributed by atoms with Gasteiger partial charge in [-0.2, -0.15) is 5.10 Å². The number of aryl methyl sites for hydroxylation is 2. The van der Waals surface area contributed by atoms with E-state index in [2.05, 4.69) is 25.7 Å². The van der Waals surface area contributed by atoms with Crippen molar-refractivity contribution in [3.63, 3.8) is 0 Å². The quantitative estimate of drug-likeness (QED) is 0.294. The lowest BCUT2D eigenvalue weighted by molar-refractivity contribution is -0.133. The largest absolute Gasteiger partial charge is 0.352 e. The first-order chi connectivity index (χ1) is 18.9. The van der Waals surface area contributed by atoms with Crippen molar-refractivity contribution in [2.75, 3.05) is 31.1 Å². The van der Waals surface area contributed by atoms with Gasteiger partial charge in [0.2, 0.25) is 5.91 Å². The molecule has 0 saturated carbocycles. The van der Waals surface area contributed by atoms with Gasteiger partial charge in [-0.25, -0.2) is 19.0 Å². The Morgan fingerprint density at radius 3 is 2.31 bits per heavy atom. The summed E-state index contributed by atoms with van der Waals surface area (Å²) < 4.78 is 15.4. The number of piperazine rings is 1. The number of nitrogens with zero attached hydrogens (tertiary/aromatic N) is 6. The molecule has 1 atom stereocenters. The number of rotatable bonds is 8. The van der Waals surface area contributed by atoms with Gasteiger partial charge in [0, 0.05) is 32.6 Å². The van der Waals surface area contributed by atoms with E-state index >= 15 is 0 Å². The van der Waals surface area contributed by atoms with E-state index in [4.69, 9.17) is 15.1 Å². The van der Waals surface area contributed by atoms with Gasteiger partial charge in [0.15, 0.2) is 5.65 Å². The van der Waals surface area contributed by atoms with Crippen molar-refractivity contribution in [3.8, 4) is 5.69 Å². The molecule has 1 fully saturated rings. The molecular weight excluding hydrogens is 491 g/mol. The first kappa shape index (κ1) is 26.8. The monoisotopic (exact) mass is 528 g/mol. The summed E-state index contributed by atoms with van der Waals surface area (Å²) in [4.78, 5) is 27.7. The van der Waals surface area contributed by atoms with E-state index in [1.54, 1.807) is 16.8 Å². The van der Waals surface area contributed by atoms with Crippen LogP contribution in [0.1, 0.15) is 56.6 Å². The molecule has 1 aliphatic heterocycles. The molecule has 4 aromatic rings. The molecule has 2 aromatic heterocycles. The molecule has 0 bridgehead atoms. The van der Waals surface area contributed by atoms with Gasteiger partial charge in [-0.05, 0) is 55.5 Å². The van der Waals surface area contributed by atoms with Crippen molar-refractivity contribution in [1.82, 2.24) is 24.6 Å². The van der Waals surface area contributed by atoms with Crippen LogP contribution in [0.2, 0.25) is 0 Å². The summed E-state index contributed by atoms with van der Waals surface area (Å²) in [6.07, 6.45) is 2.52. The maximum absolute atomic E-state index is 13.6. The molecule has 1 unspecified atom stereocenters. The topological polar surface area (TPSA) is 67.2 Å². The lowest BCUT2D eigenvalue weighted by atomic mass is 9.95. The van der Waals surface area contributed by atoms with Gasteiger partial charge in [0.25, 0.3) is 0 Å². The Morgan fingerprint density at radius 2 is 1.67 bits per heavy atom. The maximum atomic E-state index is 13.6. The Morgan fingerprint density at radius 1 is 0.974 bits per heavy atom. The first-order valence-corrected chi connectivity index (χ1v) is 14.0. The Bertz CT molecular complexity index is 1430. The van der Waals surface area contributed by atoms with Crippen molar-refractivity contribution in [3.05, 3.63) is 77.5 Å². The predicted molar refractivity (Wildman–Crippen MR) is 153 cm³/mol. The van der Waals surface area contributed by atoms with Gasteiger partial charge in [0.05, 0.1) is 22.7 Å². The Hall–Kier alpha value is -3.81. The molecule has 204 valence electrons. The molecule has 1 saturated heterocycles. The molecule has 8 heteroatoms. The number of halogens is 1. The third-order valence-corrected chi connectivity index (χ3v) is 7.55. The number of anilines is 1. The number of aromatic nitrogens is 4. The zero-order chi connectivity index (χ0) is 27.5. The van der Waals surface area contributed by atoms with Crippen LogP contribution in [0.15, 0.2) is 54.6 Å². The molecule has 5 rings (SSSR count). The summed E-state index contributed by atoms with van der Waals surface area (Å²) in [7, 11) is 0. The fourth-order valence-electron chi connectivity index (χ4n) is 5.32. The van der Waals surface area contributed by atoms with E-state index in [0.29, 0.717) is 32.1 Å². The van der Waals surface area contributed by atoms with Crippen LogP contribution in [0.4, 0.5) is 10.2 Å². The van der Waals surface area contributed by atoms with Gasteiger partial charge in [-0.1, -0.05) is 51.1 Å². The van der Waals surface area contributed by atoms with Crippen LogP contribution in [0.25, 0.3) is 16.7 Å². The Labute approximate surface area is 229 Å². The van der Waals surface area contributed by atoms with Crippen LogP contribution in [0, 0.1) is 18.7 Å². The number of benzene rings is 2. The van der Waals surface area contributed by atoms with E-state index in [1.807, 2.05) is 42.2 Å². The SMILES string of the molecule is CCC(C(=O)N1CCN(c2nc(CCC(C)C)nc3c2c(C)nn3-c2ccc(F)cc2)CC1)c1ccccc1. The number of hydrogen-bond acceptors (Lipinski definition) is 5. The smallest absolute Gasteiger partial charge is 0.230 e. The van der Waals surface area contributed by atoms with Gasteiger partial charge < -0.3 is 9.80 Å². The number of carbonyl (C=O) groups excluding carboxylic acids is 1. The second kappa shape index (κ2) is 11.5. The van der Waals surface area contributed by atoms with Crippen molar-refractivity contribution >= 4 is 22.8 Å². The molecule has 1 amide bonds. The second-order valence-corrected chi connectivity index (χ2v) is 10.8. The molecule has 39 heavy (non-hydrogen) atoms. The van der Waals surface area contributed by atoms with E-state index in [0.717, 1.165) is 58.9 Å². The van der Waals surface area contributed by atoms with E-state index < -0.39 is 0 Å². The van der Waals surface area contributed by atoms with Crippen LogP contribution in [0.3, 0.4) is 0 Å². The molecular formula is C31H37FN6O. The highest BCUT2D eigenvalue weighted by Gasteiger charge is 2.30. The van der Waals surface area contributed by atoms with Crippen LogP contribution >= 0.6 is 0 Å². The molecule has 0 radical (unpaired) electrons. The van der Waals surface area contributed by atoms with E-state index in [-0.39, 0.29) is 17.6 Å². The fourth-order valence-corrected chi connectivity index (χ4v) is 5.32. The summed E-state index contributed by atoms with van der Waals surface area (Å²) in [6, 6.07) is 16.4. The Balaban J connectivity index is 1.45. The zero-order valence-corrected chi connectivity index (χ0v) is 23.3. The maximum Gasteiger partial charge on any atom is 0.230 e. The molecule has 2 aromatic carbocycles. The van der Waals surface area contributed by atoms with E-state index in [9.17, 15) is 9.18 Å². The lowest BCUT2D eigenvalue weighted by Gasteiger charge is -2.37. The molecule has 0 N–H and O–H groups in total. The average Bonchev–Trinajstić information content (AvgIpc) is 3.29. The minimum absolute atomic E-state index is 0.123. The van der Waals surface area contributed by atoms with E-state index in [1.165, 1.54) is 12.1 Å². The van der Waals surface area contributed by atoms with Crippen LogP contribution in [-0.2, 0) is 11.2 Å². The summed E-state index contributed by atoms with van der Waals surface area (Å²) in [5.41, 5.74) is 3.39. The number of fused-ring (bicyclic) bond motifs is 1. The molecule has 1 aliphatic rings. The Kier molecular flexibility index (Phi) is 7.91. The normalized spacial score (nSPS) is 14.8. The molecule has 3 heterocycles. The van der Waals surface area contributed by atoms with Crippen LogP contribution in [-0.4, -0.2) is 56.7 Å².